The van der Waals surface area contributed by atoms with Gasteiger partial charge in [-0.1, -0.05) is 12.1 Å². The minimum atomic E-state index is -3.66. The second kappa shape index (κ2) is 10.8. The van der Waals surface area contributed by atoms with Crippen LogP contribution in [0.3, 0.4) is 0 Å². The first kappa shape index (κ1) is 24.0. The topological polar surface area (TPSA) is 107 Å². The van der Waals surface area contributed by atoms with Gasteiger partial charge in [0.1, 0.15) is 23.0 Å². The molecule has 0 fully saturated rings. The van der Waals surface area contributed by atoms with E-state index in [-0.39, 0.29) is 24.6 Å². The largest absolute Gasteiger partial charge is 0.497 e. The average Bonchev–Trinajstić information content (AvgIpc) is 3.31. The maximum absolute atomic E-state index is 13.2. The van der Waals surface area contributed by atoms with Crippen molar-refractivity contribution in [3.05, 3.63) is 72.2 Å². The fourth-order valence-electron chi connectivity index (χ4n) is 2.99. The highest BCUT2D eigenvalue weighted by Crippen LogP contribution is 2.26. The normalized spacial score (nSPS) is 11.0. The monoisotopic (exact) mass is 474 g/mol. The van der Waals surface area contributed by atoms with E-state index in [1.54, 1.807) is 54.6 Å². The van der Waals surface area contributed by atoms with Crippen LogP contribution in [0.15, 0.2) is 65.3 Å². The number of ether oxygens (including phenoxy) is 2. The van der Waals surface area contributed by atoms with E-state index in [0.717, 1.165) is 0 Å². The Morgan fingerprint density at radius 2 is 1.70 bits per heavy atom. The highest BCUT2D eigenvalue weighted by atomic mass is 32.2. The Hall–Kier alpha value is -3.66. The molecule has 2 amide bonds. The van der Waals surface area contributed by atoms with Crippen molar-refractivity contribution in [1.29, 1.82) is 0 Å². The smallest absolute Gasteiger partial charge is 0.322 e. The Balaban J connectivity index is 1.83. The SMILES string of the molecule is CCS(=O)(=O)Oc1cccc(CN(Cc2ccco2)C(=O)Nc2cc(OC)cc(OC)c2)c1. The molecule has 0 spiro atoms. The maximum atomic E-state index is 13.2. The van der Waals surface area contributed by atoms with Crippen LogP contribution in [0.4, 0.5) is 10.5 Å². The second-order valence-corrected chi connectivity index (χ2v) is 8.90. The zero-order valence-electron chi connectivity index (χ0n) is 18.6. The van der Waals surface area contributed by atoms with Gasteiger partial charge in [-0.2, -0.15) is 8.42 Å². The first-order chi connectivity index (χ1) is 15.8. The summed E-state index contributed by atoms with van der Waals surface area (Å²) in [7, 11) is -0.610. The van der Waals surface area contributed by atoms with Crippen LogP contribution in [0.1, 0.15) is 18.2 Å². The number of benzene rings is 2. The number of rotatable bonds is 10. The maximum Gasteiger partial charge on any atom is 0.322 e. The van der Waals surface area contributed by atoms with E-state index in [9.17, 15) is 13.2 Å². The molecule has 0 saturated heterocycles. The van der Waals surface area contributed by atoms with Crippen LogP contribution in [0.2, 0.25) is 0 Å². The highest BCUT2D eigenvalue weighted by molar-refractivity contribution is 7.87. The molecule has 1 heterocycles. The van der Waals surface area contributed by atoms with Gasteiger partial charge in [-0.05, 0) is 36.8 Å². The average molecular weight is 475 g/mol. The lowest BCUT2D eigenvalue weighted by Gasteiger charge is -2.23. The van der Waals surface area contributed by atoms with Crippen LogP contribution in [0, 0.1) is 0 Å². The van der Waals surface area contributed by atoms with Crippen LogP contribution in [-0.4, -0.2) is 39.3 Å². The van der Waals surface area contributed by atoms with E-state index in [1.807, 2.05) is 0 Å². The predicted octanol–water partition coefficient (Wildman–Crippen LogP) is 4.26. The van der Waals surface area contributed by atoms with Crippen LogP contribution in [0.5, 0.6) is 17.2 Å². The van der Waals surface area contributed by atoms with Gasteiger partial charge < -0.3 is 28.3 Å². The van der Waals surface area contributed by atoms with Crippen molar-refractivity contribution >= 4 is 21.8 Å². The Bertz CT molecular complexity index is 1160. The lowest BCUT2D eigenvalue weighted by molar-refractivity contribution is 0.201. The zero-order valence-corrected chi connectivity index (χ0v) is 19.4. The van der Waals surface area contributed by atoms with E-state index in [0.29, 0.717) is 28.5 Å². The third-order valence-corrected chi connectivity index (χ3v) is 5.82. The molecule has 2 aromatic carbocycles. The summed E-state index contributed by atoms with van der Waals surface area (Å²) >= 11 is 0. The van der Waals surface area contributed by atoms with Crippen LogP contribution in [-0.2, 0) is 23.2 Å². The molecule has 0 radical (unpaired) electrons. The van der Waals surface area contributed by atoms with Crippen molar-refractivity contribution in [3.63, 3.8) is 0 Å². The number of furan rings is 1. The summed E-state index contributed by atoms with van der Waals surface area (Å²) in [5, 5.41) is 2.84. The number of anilines is 1. The van der Waals surface area contributed by atoms with E-state index >= 15 is 0 Å². The summed E-state index contributed by atoms with van der Waals surface area (Å²) in [6.45, 7) is 1.87. The molecule has 3 rings (SSSR count). The summed E-state index contributed by atoms with van der Waals surface area (Å²) < 4.78 is 44.6. The summed E-state index contributed by atoms with van der Waals surface area (Å²) in [5.74, 6) is 1.70. The minimum absolute atomic E-state index is 0.145. The Morgan fingerprint density at radius 3 is 2.30 bits per heavy atom. The van der Waals surface area contributed by atoms with Gasteiger partial charge in [0.05, 0.1) is 32.8 Å². The second-order valence-electron chi connectivity index (χ2n) is 7.04. The Morgan fingerprint density at radius 1 is 0.970 bits per heavy atom. The number of carbonyl (C=O) groups is 1. The number of carbonyl (C=O) groups excluding carboxylic acids is 1. The summed E-state index contributed by atoms with van der Waals surface area (Å²) in [4.78, 5) is 14.7. The standard InChI is InChI=1S/C23H26N2O7S/c1-4-33(27,28)32-19-8-5-7-17(11-19)15-25(16-20-9-6-10-31-20)23(26)24-18-12-21(29-2)14-22(13-18)30-3/h5-14H,4,15-16H2,1-3H3,(H,24,26). The molecule has 0 aliphatic heterocycles. The molecule has 1 N–H and O–H groups in total. The van der Waals surface area contributed by atoms with Crippen molar-refractivity contribution in [1.82, 2.24) is 4.90 Å². The molecule has 1 aromatic heterocycles. The Labute approximate surface area is 193 Å². The van der Waals surface area contributed by atoms with Gasteiger partial charge in [-0.3, -0.25) is 0 Å². The molecule has 0 saturated carbocycles. The molecular formula is C23H26N2O7S. The quantitative estimate of drug-likeness (QED) is 0.438. The molecule has 3 aromatic rings. The fraction of sp³-hybridized carbons (Fsp3) is 0.261. The first-order valence-electron chi connectivity index (χ1n) is 10.1. The van der Waals surface area contributed by atoms with Gasteiger partial charge in [0.25, 0.3) is 0 Å². The van der Waals surface area contributed by atoms with Crippen LogP contribution in [0.25, 0.3) is 0 Å². The van der Waals surface area contributed by atoms with Crippen molar-refractivity contribution in [3.8, 4) is 17.2 Å². The van der Waals surface area contributed by atoms with E-state index in [1.165, 1.54) is 32.3 Å². The zero-order chi connectivity index (χ0) is 23.8. The highest BCUT2D eigenvalue weighted by Gasteiger charge is 2.18. The van der Waals surface area contributed by atoms with Gasteiger partial charge in [-0.15, -0.1) is 0 Å². The number of hydrogen-bond donors (Lipinski definition) is 1. The fourth-order valence-corrected chi connectivity index (χ4v) is 3.51. The molecule has 0 bridgehead atoms. The number of amides is 2. The number of nitrogens with one attached hydrogen (secondary N) is 1. The first-order valence-corrected chi connectivity index (χ1v) is 11.7. The van der Waals surface area contributed by atoms with Gasteiger partial charge in [0.15, 0.2) is 0 Å². The van der Waals surface area contributed by atoms with Crippen LogP contribution < -0.4 is 19.0 Å². The van der Waals surface area contributed by atoms with Crippen molar-refractivity contribution in [2.45, 2.75) is 20.0 Å². The molecule has 0 aliphatic rings. The van der Waals surface area contributed by atoms with Crippen molar-refractivity contribution < 1.29 is 31.3 Å². The van der Waals surface area contributed by atoms with Gasteiger partial charge in [0, 0.05) is 30.4 Å². The van der Waals surface area contributed by atoms with Gasteiger partial charge in [0.2, 0.25) is 0 Å². The van der Waals surface area contributed by atoms with Crippen molar-refractivity contribution in [2.24, 2.45) is 0 Å². The lowest BCUT2D eigenvalue weighted by atomic mass is 10.2. The lowest BCUT2D eigenvalue weighted by Crippen LogP contribution is -2.34. The number of nitrogens with zero attached hydrogens (tertiary/aromatic N) is 1. The number of methoxy groups -OCH3 is 2. The summed E-state index contributed by atoms with van der Waals surface area (Å²) in [6.07, 6.45) is 1.53. The molecular weight excluding hydrogens is 448 g/mol. The third-order valence-electron chi connectivity index (χ3n) is 4.67. The van der Waals surface area contributed by atoms with Gasteiger partial charge in [-0.25, -0.2) is 4.79 Å². The van der Waals surface area contributed by atoms with Crippen LogP contribution >= 0.6 is 0 Å². The molecule has 9 nitrogen and oxygen atoms in total. The van der Waals surface area contributed by atoms with Gasteiger partial charge >= 0.3 is 16.1 Å². The van der Waals surface area contributed by atoms with Crippen molar-refractivity contribution in [2.75, 3.05) is 25.3 Å². The molecule has 0 unspecified atom stereocenters. The summed E-state index contributed by atoms with van der Waals surface area (Å²) in [6, 6.07) is 14.8. The number of urea groups is 1. The van der Waals surface area contributed by atoms with E-state index in [2.05, 4.69) is 5.32 Å². The number of hydrogen-bond acceptors (Lipinski definition) is 7. The molecule has 176 valence electrons. The Kier molecular flexibility index (Phi) is 7.83. The third kappa shape index (κ3) is 6.91. The molecule has 0 aliphatic carbocycles. The predicted molar refractivity (Wildman–Crippen MR) is 123 cm³/mol. The molecule has 10 heteroatoms. The summed E-state index contributed by atoms with van der Waals surface area (Å²) in [5.41, 5.74) is 1.18. The molecule has 33 heavy (non-hydrogen) atoms. The molecule has 0 atom stereocenters. The van der Waals surface area contributed by atoms with E-state index < -0.39 is 16.1 Å². The van der Waals surface area contributed by atoms with E-state index in [4.69, 9.17) is 18.1 Å². The minimum Gasteiger partial charge on any atom is -0.497 e.